The Balaban J connectivity index is 1.26. The molecule has 264 valence electrons. The predicted molar refractivity (Wildman–Crippen MR) is 185 cm³/mol. The lowest BCUT2D eigenvalue weighted by Gasteiger charge is -2.42. The summed E-state index contributed by atoms with van der Waals surface area (Å²) in [7, 11) is 2.08. The molecule has 14 nitrogen and oxygen atoms in total. The number of rotatable bonds is 7. The molecule has 6 rings (SSSR count). The van der Waals surface area contributed by atoms with Gasteiger partial charge in [0.25, 0.3) is 0 Å². The van der Waals surface area contributed by atoms with E-state index >= 15 is 0 Å². The number of aromatic nitrogens is 2. The van der Waals surface area contributed by atoms with E-state index in [0.29, 0.717) is 48.0 Å². The number of amidine groups is 1. The van der Waals surface area contributed by atoms with Gasteiger partial charge in [-0.1, -0.05) is 5.16 Å². The van der Waals surface area contributed by atoms with Crippen LogP contribution in [0.1, 0.15) is 94.8 Å². The molecular weight excluding hydrogens is 646 g/mol. The molecule has 15 heteroatoms. The fraction of sp³-hybridized carbons (Fsp3) is 0.647. The first-order valence-corrected chi connectivity index (χ1v) is 17.8. The SMILES string of the molecule is C[C@H](Oc1nc(/C(N)=N/OC(=O)[C@@]2(C)CCCc3sc(N)c(C#N)c32)cc(N2CCN(C(=O)OC(C)(C)C)C3(CC3)C2)n1)[C@@H]1CCCN1C. The molecule has 2 aromatic rings. The Morgan fingerprint density at radius 1 is 1.18 bits per heavy atom. The number of nitriles is 1. The van der Waals surface area contributed by atoms with E-state index in [9.17, 15) is 14.9 Å². The quantitative estimate of drug-likeness (QED) is 0.185. The number of nitrogens with zero attached hydrogens (tertiary/aromatic N) is 7. The monoisotopic (exact) mass is 693 g/mol. The van der Waals surface area contributed by atoms with Crippen molar-refractivity contribution in [2.45, 2.75) is 108 Å². The number of fused-ring (bicyclic) bond motifs is 1. The maximum atomic E-state index is 13.6. The second-order valence-electron chi connectivity index (χ2n) is 15.0. The molecule has 0 radical (unpaired) electrons. The minimum Gasteiger partial charge on any atom is -0.459 e. The molecule has 4 aliphatic rings. The molecule has 4 heterocycles. The number of piperazine rings is 1. The molecule has 4 N–H and O–H groups in total. The number of anilines is 2. The molecule has 3 atom stereocenters. The number of carbonyl (C=O) groups excluding carboxylic acids is 2. The van der Waals surface area contributed by atoms with Crippen molar-refractivity contribution in [2.24, 2.45) is 10.9 Å². The average Bonchev–Trinajstić information content (AvgIpc) is 3.49. The summed E-state index contributed by atoms with van der Waals surface area (Å²) in [6.07, 6.45) is 5.28. The minimum atomic E-state index is -1.10. The van der Waals surface area contributed by atoms with E-state index in [2.05, 4.69) is 33.1 Å². The summed E-state index contributed by atoms with van der Waals surface area (Å²) in [5.74, 6) is -0.169. The van der Waals surface area contributed by atoms with Crippen LogP contribution in [0.4, 0.5) is 15.6 Å². The van der Waals surface area contributed by atoms with Crippen molar-refractivity contribution in [1.82, 2.24) is 19.8 Å². The first-order valence-electron chi connectivity index (χ1n) is 17.0. The van der Waals surface area contributed by atoms with Gasteiger partial charge in [-0.15, -0.1) is 11.3 Å². The fourth-order valence-corrected chi connectivity index (χ4v) is 8.61. The summed E-state index contributed by atoms with van der Waals surface area (Å²) in [6.45, 7) is 11.9. The van der Waals surface area contributed by atoms with Crippen molar-refractivity contribution in [3.8, 4) is 12.1 Å². The third-order valence-corrected chi connectivity index (χ3v) is 11.3. The third kappa shape index (κ3) is 6.85. The first-order chi connectivity index (χ1) is 23.1. The second kappa shape index (κ2) is 12.9. The topological polar surface area (TPSA) is 186 Å². The fourth-order valence-electron chi connectivity index (χ4n) is 7.42. The molecule has 2 aliphatic heterocycles. The number of hydrogen-bond acceptors (Lipinski definition) is 13. The molecule has 2 aliphatic carbocycles. The number of likely N-dealkylation sites (tertiary alicyclic amines) is 1. The number of aryl methyl sites for hydroxylation is 1. The van der Waals surface area contributed by atoms with Crippen LogP contribution in [-0.4, -0.2) is 94.2 Å². The van der Waals surface area contributed by atoms with E-state index < -0.39 is 17.0 Å². The minimum absolute atomic E-state index is 0.119. The van der Waals surface area contributed by atoms with Gasteiger partial charge in [-0.05, 0) is 93.2 Å². The van der Waals surface area contributed by atoms with Gasteiger partial charge in [0.1, 0.15) is 34.3 Å². The molecule has 1 spiro atoms. The van der Waals surface area contributed by atoms with Gasteiger partial charge in [-0.3, -0.25) is 9.80 Å². The molecule has 2 saturated heterocycles. The van der Waals surface area contributed by atoms with E-state index in [-0.39, 0.29) is 41.3 Å². The van der Waals surface area contributed by atoms with Crippen LogP contribution in [0, 0.1) is 11.3 Å². The molecule has 1 amide bonds. The Hall–Kier alpha value is -4.16. The van der Waals surface area contributed by atoms with Crippen molar-refractivity contribution in [3.63, 3.8) is 0 Å². The van der Waals surface area contributed by atoms with Gasteiger partial charge < -0.3 is 30.7 Å². The zero-order chi connectivity index (χ0) is 35.3. The number of amides is 1. The van der Waals surface area contributed by atoms with E-state index in [4.69, 9.17) is 30.8 Å². The maximum Gasteiger partial charge on any atom is 0.410 e. The number of thiophene rings is 1. The van der Waals surface area contributed by atoms with Gasteiger partial charge in [-0.2, -0.15) is 15.2 Å². The highest BCUT2D eigenvalue weighted by molar-refractivity contribution is 7.16. The second-order valence-corrected chi connectivity index (χ2v) is 16.1. The van der Waals surface area contributed by atoms with E-state index in [0.717, 1.165) is 49.9 Å². The van der Waals surface area contributed by atoms with Crippen LogP contribution in [0.5, 0.6) is 6.01 Å². The number of carbonyl (C=O) groups is 2. The molecule has 3 fully saturated rings. The first kappa shape index (κ1) is 34.7. The van der Waals surface area contributed by atoms with Gasteiger partial charge in [0, 0.05) is 42.2 Å². The third-order valence-electron chi connectivity index (χ3n) is 10.2. The number of oxime groups is 1. The van der Waals surface area contributed by atoms with Crippen molar-refractivity contribution >= 4 is 40.1 Å². The van der Waals surface area contributed by atoms with Crippen LogP contribution < -0.4 is 21.1 Å². The van der Waals surface area contributed by atoms with E-state index in [1.165, 1.54) is 11.3 Å². The number of nitrogen functional groups attached to an aromatic ring is 1. The van der Waals surface area contributed by atoms with E-state index in [1.807, 2.05) is 32.6 Å². The molecule has 0 aromatic carbocycles. The van der Waals surface area contributed by atoms with Crippen LogP contribution >= 0.6 is 11.3 Å². The van der Waals surface area contributed by atoms with Crippen LogP contribution in [0.2, 0.25) is 0 Å². The predicted octanol–water partition coefficient (Wildman–Crippen LogP) is 3.90. The van der Waals surface area contributed by atoms with Crippen LogP contribution in [0.3, 0.4) is 0 Å². The molecule has 1 saturated carbocycles. The summed E-state index contributed by atoms with van der Waals surface area (Å²) in [5, 5.41) is 14.2. The van der Waals surface area contributed by atoms with E-state index in [1.54, 1.807) is 13.0 Å². The molecule has 0 unspecified atom stereocenters. The van der Waals surface area contributed by atoms with Gasteiger partial charge >= 0.3 is 18.1 Å². The summed E-state index contributed by atoms with van der Waals surface area (Å²) >= 11 is 1.34. The highest BCUT2D eigenvalue weighted by Crippen LogP contribution is 2.47. The van der Waals surface area contributed by atoms with Crippen molar-refractivity contribution in [2.75, 3.05) is 43.9 Å². The van der Waals surface area contributed by atoms with Crippen molar-refractivity contribution in [3.05, 3.63) is 27.8 Å². The van der Waals surface area contributed by atoms with Gasteiger partial charge in [0.2, 0.25) is 0 Å². The highest BCUT2D eigenvalue weighted by atomic mass is 32.1. The zero-order valence-electron chi connectivity index (χ0n) is 29.2. The Labute approximate surface area is 291 Å². The lowest BCUT2D eigenvalue weighted by atomic mass is 9.72. The van der Waals surface area contributed by atoms with Gasteiger partial charge in [0.05, 0.1) is 16.5 Å². The zero-order valence-corrected chi connectivity index (χ0v) is 30.1. The molecular formula is C34H47N9O5S. The number of likely N-dealkylation sites (N-methyl/N-ethyl adjacent to an activating group) is 1. The Morgan fingerprint density at radius 2 is 1.94 bits per heavy atom. The Bertz CT molecular complexity index is 1690. The lowest BCUT2D eigenvalue weighted by Crippen LogP contribution is -2.58. The number of nitrogens with two attached hydrogens (primary N) is 2. The van der Waals surface area contributed by atoms with Crippen molar-refractivity contribution < 1.29 is 23.9 Å². The lowest BCUT2D eigenvalue weighted by molar-refractivity contribution is -0.150. The smallest absolute Gasteiger partial charge is 0.410 e. The van der Waals surface area contributed by atoms with Gasteiger partial charge in [-0.25, -0.2) is 9.59 Å². The average molecular weight is 694 g/mol. The maximum absolute atomic E-state index is 13.6. The Morgan fingerprint density at radius 3 is 2.59 bits per heavy atom. The van der Waals surface area contributed by atoms with Crippen molar-refractivity contribution in [1.29, 1.82) is 5.26 Å². The normalized spacial score (nSPS) is 24.3. The highest BCUT2D eigenvalue weighted by Gasteiger charge is 2.54. The Kier molecular flexibility index (Phi) is 9.16. The van der Waals surface area contributed by atoms with Gasteiger partial charge in [0.15, 0.2) is 5.84 Å². The summed E-state index contributed by atoms with van der Waals surface area (Å²) in [4.78, 5) is 48.7. The largest absolute Gasteiger partial charge is 0.459 e. The molecule has 0 bridgehead atoms. The van der Waals surface area contributed by atoms with Crippen LogP contribution in [0.25, 0.3) is 0 Å². The number of hydrogen-bond donors (Lipinski definition) is 2. The standard InChI is InChI=1S/C34H47N9O5S/c1-20(23-9-8-14-41(23)6)46-30-38-22(17-25(39-30)42-15-16-43(34(19-42)12-13-34)31(45)47-32(2,3)4)27(36)40-48-29(44)33(5)11-7-10-24-26(33)21(18-35)28(37)49-24/h17,20,23H,7-16,19,37H2,1-6H3,(H2,36,40)/t20-,23-,33-/m0/s1. The van der Waals surface area contributed by atoms with Crippen LogP contribution in [0.15, 0.2) is 11.2 Å². The summed E-state index contributed by atoms with van der Waals surface area (Å²) in [6, 6.07) is 4.22. The molecule has 49 heavy (non-hydrogen) atoms. The summed E-state index contributed by atoms with van der Waals surface area (Å²) in [5.41, 5.74) is 11.7. The van der Waals surface area contributed by atoms with Crippen LogP contribution in [-0.2, 0) is 26.2 Å². The number of ether oxygens (including phenoxy) is 2. The molecule has 2 aromatic heterocycles. The summed E-state index contributed by atoms with van der Waals surface area (Å²) < 4.78 is 12.1.